The van der Waals surface area contributed by atoms with Crippen molar-refractivity contribution in [2.75, 3.05) is 0 Å². The van der Waals surface area contributed by atoms with E-state index in [0.29, 0.717) is 10.9 Å². The van der Waals surface area contributed by atoms with Gasteiger partial charge in [-0.2, -0.15) is 10.5 Å². The van der Waals surface area contributed by atoms with Crippen molar-refractivity contribution < 1.29 is 39.5 Å². The first kappa shape index (κ1) is 33.5. The third-order valence-corrected chi connectivity index (χ3v) is 7.57. The van der Waals surface area contributed by atoms with E-state index in [1.54, 1.807) is 24.3 Å². The molecule has 18 heteroatoms. The van der Waals surface area contributed by atoms with Crippen LogP contribution in [0.5, 0.6) is 28.7 Å². The molecule has 6 rings (SSSR count). The molecule has 0 saturated carbocycles. The number of phenolic OH excluding ortho intramolecular Hbond substituents is 3. The molecule has 0 unspecified atom stereocenters. The zero-order valence-electron chi connectivity index (χ0n) is 25.9. The van der Waals surface area contributed by atoms with Gasteiger partial charge in [0.1, 0.15) is 35.1 Å². The van der Waals surface area contributed by atoms with Crippen LogP contribution in [0.25, 0.3) is 34.1 Å². The molecular weight excluding hydrogens is 680 g/mol. The molecule has 0 aliphatic heterocycles. The molecule has 0 radical (unpaired) electrons. The molecule has 0 saturated heterocycles. The molecular formula is C34H18N8O10. The minimum Gasteiger partial charge on any atom is -0.504 e. The maximum absolute atomic E-state index is 13.4. The van der Waals surface area contributed by atoms with Crippen molar-refractivity contribution in [3.63, 3.8) is 0 Å². The minimum absolute atomic E-state index is 0.0328. The van der Waals surface area contributed by atoms with Gasteiger partial charge in [-0.05, 0) is 59.7 Å². The number of nitro groups is 2. The van der Waals surface area contributed by atoms with Gasteiger partial charge in [-0.3, -0.25) is 43.9 Å². The lowest BCUT2D eigenvalue weighted by Gasteiger charge is -2.10. The highest BCUT2D eigenvalue weighted by Gasteiger charge is 2.26. The molecule has 18 nitrogen and oxygen atoms in total. The second-order valence-corrected chi connectivity index (χ2v) is 10.7. The monoisotopic (exact) mass is 698 g/mol. The van der Waals surface area contributed by atoms with Gasteiger partial charge < -0.3 is 20.1 Å². The second-order valence-electron chi connectivity index (χ2n) is 10.7. The lowest BCUT2D eigenvalue weighted by atomic mass is 10.1. The molecule has 0 aliphatic rings. The maximum Gasteiger partial charge on any atom is 0.316 e. The van der Waals surface area contributed by atoms with E-state index >= 15 is 0 Å². The molecule has 3 heterocycles. The molecule has 52 heavy (non-hydrogen) atoms. The quantitative estimate of drug-likeness (QED) is 0.0573. The summed E-state index contributed by atoms with van der Waals surface area (Å²) in [5.74, 6) is -5.10. The lowest BCUT2D eigenvalue weighted by molar-refractivity contribution is -0.386. The number of carbonyl (C=O) groups is 2. The molecule has 254 valence electrons. The standard InChI is InChI=1S/C34H18N8O10/c35-14-21(33(46)39-7-5-20-4-6-37-16-26(20)39)9-19-11-25(42(50)51)32(28(44)13-19)52-29-3-1-2-23-30(29)38-17-40(23)34(47)22(15-36)8-18-10-24(41(48)49)31(45)27(43)12-18/h1-13,16-17,43-45H/b21-9+,22-8+. The number of imidazole rings is 1. The van der Waals surface area contributed by atoms with Gasteiger partial charge in [0.25, 0.3) is 11.8 Å². The first-order valence-electron chi connectivity index (χ1n) is 14.5. The number of ether oxygens (including phenoxy) is 1. The van der Waals surface area contributed by atoms with Crippen molar-refractivity contribution in [3.8, 4) is 40.9 Å². The molecule has 0 amide bonds. The van der Waals surface area contributed by atoms with Crippen molar-refractivity contribution in [3.05, 3.63) is 122 Å². The second kappa shape index (κ2) is 13.3. The Hall–Kier alpha value is -8.38. The van der Waals surface area contributed by atoms with E-state index in [1.165, 1.54) is 41.4 Å². The van der Waals surface area contributed by atoms with Crippen molar-refractivity contribution in [1.82, 2.24) is 19.1 Å². The number of hydrogen-bond acceptors (Lipinski definition) is 14. The highest BCUT2D eigenvalue weighted by Crippen LogP contribution is 2.42. The van der Waals surface area contributed by atoms with Crippen molar-refractivity contribution >= 4 is 57.3 Å². The molecule has 0 aliphatic carbocycles. The zero-order chi connectivity index (χ0) is 37.3. The highest BCUT2D eigenvalue weighted by atomic mass is 16.6. The smallest absolute Gasteiger partial charge is 0.316 e. The highest BCUT2D eigenvalue weighted by molar-refractivity contribution is 6.08. The fraction of sp³-hybridized carbons (Fsp3) is 0. The number of fused-ring (bicyclic) bond motifs is 2. The van der Waals surface area contributed by atoms with E-state index in [0.717, 1.165) is 47.3 Å². The van der Waals surface area contributed by atoms with Crippen LogP contribution >= 0.6 is 0 Å². The Morgan fingerprint density at radius 2 is 1.46 bits per heavy atom. The molecule has 0 fully saturated rings. The normalized spacial score (nSPS) is 11.6. The summed E-state index contributed by atoms with van der Waals surface area (Å²) >= 11 is 0. The van der Waals surface area contributed by atoms with Crippen LogP contribution in [0.4, 0.5) is 11.4 Å². The van der Waals surface area contributed by atoms with Crippen molar-refractivity contribution in [2.24, 2.45) is 0 Å². The number of nitriles is 2. The van der Waals surface area contributed by atoms with Gasteiger partial charge >= 0.3 is 11.4 Å². The van der Waals surface area contributed by atoms with Crippen LogP contribution in [-0.2, 0) is 0 Å². The predicted molar refractivity (Wildman–Crippen MR) is 179 cm³/mol. The van der Waals surface area contributed by atoms with Crippen LogP contribution in [0.3, 0.4) is 0 Å². The molecule has 0 bridgehead atoms. The SMILES string of the molecule is N#C/C(=C\c1cc(O)c(Oc2cccc3c2ncn3C(=O)/C(C#N)=C/c2cc(O)c(O)c([N+](=O)[O-])c2)c([N+](=O)[O-])c1)C(=O)n1ccc2ccncc21. The van der Waals surface area contributed by atoms with E-state index in [9.17, 15) is 55.7 Å². The van der Waals surface area contributed by atoms with Gasteiger partial charge in [0.2, 0.25) is 11.5 Å². The average Bonchev–Trinajstić information content (AvgIpc) is 3.76. The Morgan fingerprint density at radius 3 is 2.12 bits per heavy atom. The first-order valence-corrected chi connectivity index (χ1v) is 14.5. The van der Waals surface area contributed by atoms with Crippen LogP contribution in [0.1, 0.15) is 20.7 Å². The summed E-state index contributed by atoms with van der Waals surface area (Å²) < 4.78 is 7.87. The average molecular weight is 699 g/mol. The lowest BCUT2D eigenvalue weighted by Crippen LogP contribution is -2.11. The number of rotatable bonds is 8. The minimum atomic E-state index is -1.00. The number of nitro benzene ring substituents is 2. The molecule has 3 N–H and O–H groups in total. The van der Waals surface area contributed by atoms with Crippen LogP contribution < -0.4 is 4.74 Å². The van der Waals surface area contributed by atoms with Crippen LogP contribution in [0.15, 0.2) is 90.7 Å². The van der Waals surface area contributed by atoms with Crippen molar-refractivity contribution in [1.29, 1.82) is 10.5 Å². The fourth-order valence-corrected chi connectivity index (χ4v) is 5.19. The van der Waals surface area contributed by atoms with Gasteiger partial charge in [0.05, 0.1) is 27.1 Å². The summed E-state index contributed by atoms with van der Waals surface area (Å²) in [7, 11) is 0. The number of phenols is 3. The molecule has 6 aromatic rings. The largest absolute Gasteiger partial charge is 0.504 e. The van der Waals surface area contributed by atoms with E-state index < -0.39 is 67.2 Å². The number of aromatic nitrogens is 4. The summed E-state index contributed by atoms with van der Waals surface area (Å²) in [4.78, 5) is 56.2. The first-order chi connectivity index (χ1) is 24.9. The van der Waals surface area contributed by atoms with E-state index in [4.69, 9.17) is 4.74 Å². The number of pyridine rings is 1. The molecule has 3 aromatic heterocycles. The summed E-state index contributed by atoms with van der Waals surface area (Å²) in [6.45, 7) is 0. The van der Waals surface area contributed by atoms with Gasteiger partial charge in [-0.1, -0.05) is 6.07 Å². The van der Waals surface area contributed by atoms with E-state index in [-0.39, 0.29) is 27.9 Å². The zero-order valence-corrected chi connectivity index (χ0v) is 25.9. The molecule has 0 atom stereocenters. The van der Waals surface area contributed by atoms with Crippen LogP contribution in [0, 0.1) is 42.9 Å². The maximum atomic E-state index is 13.4. The number of benzene rings is 3. The van der Waals surface area contributed by atoms with Gasteiger partial charge in [0.15, 0.2) is 17.2 Å². The number of carbonyl (C=O) groups excluding carboxylic acids is 2. The Morgan fingerprint density at radius 1 is 0.827 bits per heavy atom. The Bertz CT molecular complexity index is 2680. The Balaban J connectivity index is 1.34. The van der Waals surface area contributed by atoms with Gasteiger partial charge in [-0.25, -0.2) is 4.98 Å². The summed E-state index contributed by atoms with van der Waals surface area (Å²) in [5, 5.41) is 74.1. The fourth-order valence-electron chi connectivity index (χ4n) is 5.19. The number of aromatic hydroxyl groups is 3. The summed E-state index contributed by atoms with van der Waals surface area (Å²) in [6.07, 6.45) is 7.44. The summed E-state index contributed by atoms with van der Waals surface area (Å²) in [6, 6.07) is 14.7. The summed E-state index contributed by atoms with van der Waals surface area (Å²) in [5.41, 5.74) is -2.36. The van der Waals surface area contributed by atoms with Gasteiger partial charge in [-0.15, -0.1) is 0 Å². The van der Waals surface area contributed by atoms with E-state index in [1.807, 2.05) is 0 Å². The number of para-hydroxylation sites is 1. The third kappa shape index (κ3) is 6.04. The van der Waals surface area contributed by atoms with E-state index in [2.05, 4.69) is 9.97 Å². The van der Waals surface area contributed by atoms with Gasteiger partial charge in [0, 0.05) is 29.9 Å². The number of allylic oxidation sites excluding steroid dienone is 2. The molecule has 3 aromatic carbocycles. The van der Waals surface area contributed by atoms with Crippen LogP contribution in [-0.4, -0.2) is 56.1 Å². The van der Waals surface area contributed by atoms with Crippen molar-refractivity contribution in [2.45, 2.75) is 0 Å². The topological polar surface area (TPSA) is 274 Å². The van der Waals surface area contributed by atoms with Crippen LogP contribution in [0.2, 0.25) is 0 Å². The number of nitrogens with zero attached hydrogens (tertiary/aromatic N) is 8. The Kier molecular flexibility index (Phi) is 8.55. The molecule has 0 spiro atoms. The number of hydrogen-bond donors (Lipinski definition) is 3. The third-order valence-electron chi connectivity index (χ3n) is 7.57. The Labute approximate surface area is 289 Å². The predicted octanol–water partition coefficient (Wildman–Crippen LogP) is 5.61.